The molecule has 0 bridgehead atoms. The average Bonchev–Trinajstić information content (AvgIpc) is 2.95. The number of hydrogen-bond donors (Lipinski definition) is 0. The lowest BCUT2D eigenvalue weighted by molar-refractivity contribution is 0.0587. The topological polar surface area (TPSA) is 66.2 Å². The molecule has 96 valence electrons. The Morgan fingerprint density at radius 3 is 3.00 bits per heavy atom. The van der Waals surface area contributed by atoms with Crippen molar-refractivity contribution in [3.63, 3.8) is 0 Å². The fourth-order valence-electron chi connectivity index (χ4n) is 1.34. The summed E-state index contributed by atoms with van der Waals surface area (Å²) in [5, 5.41) is 4.11. The van der Waals surface area contributed by atoms with Crippen molar-refractivity contribution < 1.29 is 14.3 Å². The van der Waals surface area contributed by atoms with E-state index in [1.54, 1.807) is 18.8 Å². The van der Waals surface area contributed by atoms with E-state index in [2.05, 4.69) is 30.7 Å². The van der Waals surface area contributed by atoms with Crippen molar-refractivity contribution >= 4 is 33.2 Å². The molecule has 0 saturated heterocycles. The van der Waals surface area contributed by atoms with Crippen LogP contribution in [0.5, 0.6) is 5.88 Å². The molecular weight excluding hydrogens is 322 g/mol. The van der Waals surface area contributed by atoms with Crippen LogP contribution in [0.2, 0.25) is 0 Å². The Hall–Kier alpha value is -1.41. The smallest absolute Gasteiger partial charge is 0.357 e. The average molecular weight is 332 g/mol. The van der Waals surface area contributed by atoms with Gasteiger partial charge in [0.25, 0.3) is 0 Å². The maximum absolute atomic E-state index is 11.5. The molecule has 0 unspecified atom stereocenters. The molecule has 2 aromatic heterocycles. The van der Waals surface area contributed by atoms with Gasteiger partial charge in [0.1, 0.15) is 11.1 Å². The molecule has 0 fully saturated rings. The minimum Gasteiger partial charge on any atom is -0.470 e. The number of thiazole rings is 1. The van der Waals surface area contributed by atoms with Gasteiger partial charge in [0.15, 0.2) is 5.69 Å². The first-order chi connectivity index (χ1) is 8.63. The third-order valence-electron chi connectivity index (χ3n) is 2.17. The second kappa shape index (κ2) is 5.49. The molecule has 6 nitrogen and oxygen atoms in total. The number of carbonyl (C=O) groups is 1. The van der Waals surface area contributed by atoms with E-state index >= 15 is 0 Å². The van der Waals surface area contributed by atoms with Crippen LogP contribution in [0.1, 0.15) is 15.4 Å². The largest absolute Gasteiger partial charge is 0.470 e. The Morgan fingerprint density at radius 1 is 1.61 bits per heavy atom. The zero-order valence-electron chi connectivity index (χ0n) is 9.71. The first kappa shape index (κ1) is 13.0. The van der Waals surface area contributed by atoms with E-state index in [1.165, 1.54) is 23.1 Å². The molecule has 8 heteroatoms. The van der Waals surface area contributed by atoms with Crippen molar-refractivity contribution in [2.24, 2.45) is 7.05 Å². The summed E-state index contributed by atoms with van der Waals surface area (Å²) in [6, 6.07) is 0. The molecule has 0 aliphatic carbocycles. The van der Waals surface area contributed by atoms with Gasteiger partial charge in [-0.3, -0.25) is 9.67 Å². The molecule has 0 N–H and O–H groups in total. The van der Waals surface area contributed by atoms with E-state index in [4.69, 9.17) is 4.74 Å². The fraction of sp³-hybridized carbons (Fsp3) is 0.300. The molecule has 0 aliphatic rings. The van der Waals surface area contributed by atoms with Gasteiger partial charge in [0.2, 0.25) is 5.88 Å². The number of esters is 1. The van der Waals surface area contributed by atoms with E-state index in [0.29, 0.717) is 22.7 Å². The quantitative estimate of drug-likeness (QED) is 0.801. The van der Waals surface area contributed by atoms with Crippen LogP contribution in [-0.4, -0.2) is 27.8 Å². The Morgan fingerprint density at radius 2 is 2.39 bits per heavy atom. The number of aryl methyl sites for hydroxylation is 1. The second-order valence-corrected chi connectivity index (χ2v) is 5.10. The van der Waals surface area contributed by atoms with Gasteiger partial charge in [-0.05, 0) is 15.9 Å². The van der Waals surface area contributed by atoms with Gasteiger partial charge in [-0.25, -0.2) is 4.79 Å². The van der Waals surface area contributed by atoms with E-state index in [-0.39, 0.29) is 0 Å². The predicted molar refractivity (Wildman–Crippen MR) is 68.7 cm³/mol. The summed E-state index contributed by atoms with van der Waals surface area (Å²) in [6.45, 7) is 0.362. The van der Waals surface area contributed by atoms with Gasteiger partial charge < -0.3 is 9.47 Å². The molecule has 0 atom stereocenters. The summed E-state index contributed by atoms with van der Waals surface area (Å²) in [7, 11) is 2.97. The van der Waals surface area contributed by atoms with Gasteiger partial charge in [-0.2, -0.15) is 0 Å². The molecule has 2 heterocycles. The SMILES string of the molecule is COC(=O)c1c(Br)c(OCc2cncs2)nn1C. The molecule has 0 saturated carbocycles. The number of nitrogens with zero attached hydrogens (tertiary/aromatic N) is 3. The zero-order chi connectivity index (χ0) is 13.1. The van der Waals surface area contributed by atoms with Crippen molar-refractivity contribution in [1.29, 1.82) is 0 Å². The van der Waals surface area contributed by atoms with E-state index in [9.17, 15) is 4.79 Å². The summed E-state index contributed by atoms with van der Waals surface area (Å²) in [6.07, 6.45) is 1.72. The monoisotopic (exact) mass is 331 g/mol. The van der Waals surface area contributed by atoms with Gasteiger partial charge in [0.05, 0.1) is 17.5 Å². The minimum absolute atomic E-state index is 0.316. The van der Waals surface area contributed by atoms with Crippen molar-refractivity contribution in [2.75, 3.05) is 7.11 Å². The highest BCUT2D eigenvalue weighted by atomic mass is 79.9. The van der Waals surface area contributed by atoms with Gasteiger partial charge in [-0.1, -0.05) is 0 Å². The van der Waals surface area contributed by atoms with Crippen LogP contribution in [0.3, 0.4) is 0 Å². The van der Waals surface area contributed by atoms with Crippen molar-refractivity contribution in [1.82, 2.24) is 14.8 Å². The minimum atomic E-state index is -0.468. The van der Waals surface area contributed by atoms with Crippen LogP contribution in [0.4, 0.5) is 0 Å². The number of aromatic nitrogens is 3. The number of rotatable bonds is 4. The van der Waals surface area contributed by atoms with Crippen LogP contribution in [-0.2, 0) is 18.4 Å². The van der Waals surface area contributed by atoms with Crippen molar-refractivity contribution in [3.8, 4) is 5.88 Å². The lowest BCUT2D eigenvalue weighted by atomic mass is 10.4. The summed E-state index contributed by atoms with van der Waals surface area (Å²) in [5.41, 5.74) is 2.04. The zero-order valence-corrected chi connectivity index (χ0v) is 12.1. The molecular formula is C10H10BrN3O3S. The highest BCUT2D eigenvalue weighted by molar-refractivity contribution is 9.10. The third kappa shape index (κ3) is 2.54. The van der Waals surface area contributed by atoms with E-state index in [0.717, 1.165) is 4.88 Å². The first-order valence-corrected chi connectivity index (χ1v) is 6.61. The normalized spacial score (nSPS) is 10.4. The number of halogens is 1. The maximum Gasteiger partial charge on any atom is 0.357 e. The molecule has 0 aromatic carbocycles. The van der Waals surface area contributed by atoms with Crippen LogP contribution >= 0.6 is 27.3 Å². The van der Waals surface area contributed by atoms with Gasteiger partial charge >= 0.3 is 5.97 Å². The Bertz CT molecular complexity index is 553. The Balaban J connectivity index is 2.17. The molecule has 18 heavy (non-hydrogen) atoms. The molecule has 0 spiro atoms. The standard InChI is InChI=1S/C10H10BrN3O3S/c1-14-8(10(15)16-2)7(11)9(13-14)17-4-6-3-12-5-18-6/h3,5H,4H2,1-2H3. The van der Waals surface area contributed by atoms with Gasteiger partial charge in [-0.15, -0.1) is 16.4 Å². The predicted octanol–water partition coefficient (Wildman–Crippen LogP) is 2.00. The summed E-state index contributed by atoms with van der Waals surface area (Å²) < 4.78 is 12.1. The van der Waals surface area contributed by atoms with Crippen LogP contribution in [0, 0.1) is 0 Å². The van der Waals surface area contributed by atoms with E-state index < -0.39 is 5.97 Å². The van der Waals surface area contributed by atoms with E-state index in [1.807, 2.05) is 0 Å². The molecule has 2 rings (SSSR count). The molecule has 2 aromatic rings. The molecule has 0 amide bonds. The van der Waals surface area contributed by atoms with Gasteiger partial charge in [0, 0.05) is 13.2 Å². The summed E-state index contributed by atoms with van der Waals surface area (Å²) >= 11 is 4.78. The fourth-order valence-corrected chi connectivity index (χ4v) is 2.46. The van der Waals surface area contributed by atoms with Crippen LogP contribution in [0.25, 0.3) is 0 Å². The van der Waals surface area contributed by atoms with Crippen LogP contribution < -0.4 is 4.74 Å². The number of hydrogen-bond acceptors (Lipinski definition) is 6. The van der Waals surface area contributed by atoms with Crippen molar-refractivity contribution in [2.45, 2.75) is 6.61 Å². The Labute approximate surface area is 116 Å². The summed E-state index contributed by atoms with van der Waals surface area (Å²) in [4.78, 5) is 16.5. The molecule has 0 radical (unpaired) electrons. The number of ether oxygens (including phenoxy) is 2. The Kier molecular flexibility index (Phi) is 3.97. The second-order valence-electron chi connectivity index (χ2n) is 3.34. The maximum atomic E-state index is 11.5. The third-order valence-corrected chi connectivity index (χ3v) is 3.64. The lowest BCUT2D eigenvalue weighted by Crippen LogP contribution is -2.08. The number of carbonyl (C=O) groups excluding carboxylic acids is 1. The van der Waals surface area contributed by atoms with Crippen molar-refractivity contribution in [3.05, 3.63) is 26.8 Å². The highest BCUT2D eigenvalue weighted by Crippen LogP contribution is 2.28. The number of methoxy groups -OCH3 is 1. The highest BCUT2D eigenvalue weighted by Gasteiger charge is 2.22. The van der Waals surface area contributed by atoms with Crippen LogP contribution in [0.15, 0.2) is 16.2 Å². The lowest BCUT2D eigenvalue weighted by Gasteiger charge is -2.00. The first-order valence-electron chi connectivity index (χ1n) is 4.94. The molecule has 0 aliphatic heterocycles. The summed E-state index contributed by atoms with van der Waals surface area (Å²) in [5.74, 6) is -0.115.